The van der Waals surface area contributed by atoms with Crippen molar-refractivity contribution in [1.82, 2.24) is 4.98 Å². The van der Waals surface area contributed by atoms with Crippen LogP contribution in [0.3, 0.4) is 0 Å². The van der Waals surface area contributed by atoms with Crippen LogP contribution in [0, 0.1) is 0 Å². The Labute approximate surface area is 128 Å². The first-order valence-corrected chi connectivity index (χ1v) is 8.45. The molecule has 0 saturated carbocycles. The lowest BCUT2D eigenvalue weighted by atomic mass is 10.1. The van der Waals surface area contributed by atoms with Gasteiger partial charge in [-0.05, 0) is 23.6 Å². The number of nitrogens with one attached hydrogen (secondary N) is 1. The van der Waals surface area contributed by atoms with Gasteiger partial charge in [0.05, 0.1) is 4.90 Å². The molecule has 0 bridgehead atoms. The van der Waals surface area contributed by atoms with Gasteiger partial charge in [0.2, 0.25) is 9.84 Å². The molecule has 0 fully saturated rings. The average molecular weight is 307 g/mol. The molecule has 0 radical (unpaired) electrons. The Morgan fingerprint density at radius 3 is 2.23 bits per heavy atom. The zero-order valence-electron chi connectivity index (χ0n) is 11.7. The predicted molar refractivity (Wildman–Crippen MR) is 87.7 cm³/mol. The molecule has 0 atom stereocenters. The molecule has 0 unspecified atom stereocenters. The first kappa shape index (κ1) is 13.1. The summed E-state index contributed by atoms with van der Waals surface area (Å²) in [5, 5.41) is 2.77. The minimum absolute atomic E-state index is 0.227. The molecule has 3 aromatic carbocycles. The summed E-state index contributed by atoms with van der Waals surface area (Å²) < 4.78 is 26.0. The second-order valence-electron chi connectivity index (χ2n) is 5.20. The summed E-state index contributed by atoms with van der Waals surface area (Å²) in [7, 11) is -3.58. The Hall–Kier alpha value is -2.59. The topological polar surface area (TPSA) is 49.9 Å². The van der Waals surface area contributed by atoms with E-state index in [4.69, 9.17) is 0 Å². The molecular formula is C18H13NO2S. The number of fused-ring (bicyclic) bond motifs is 2. The van der Waals surface area contributed by atoms with Gasteiger partial charge in [-0.2, -0.15) is 0 Å². The number of hydrogen-bond donors (Lipinski definition) is 1. The van der Waals surface area contributed by atoms with Crippen LogP contribution in [0.2, 0.25) is 0 Å². The number of H-pyrrole nitrogens is 1. The maximum atomic E-state index is 13.0. The minimum Gasteiger partial charge on any atom is -0.345 e. The van der Waals surface area contributed by atoms with E-state index in [0.717, 1.165) is 21.7 Å². The van der Waals surface area contributed by atoms with E-state index in [1.54, 1.807) is 18.2 Å². The van der Waals surface area contributed by atoms with Gasteiger partial charge in [0.25, 0.3) is 0 Å². The largest absolute Gasteiger partial charge is 0.345 e. The molecule has 4 heteroatoms. The highest BCUT2D eigenvalue weighted by molar-refractivity contribution is 7.91. The molecule has 4 rings (SSSR count). The summed E-state index contributed by atoms with van der Waals surface area (Å²) in [6.07, 6.45) is 0. The van der Waals surface area contributed by atoms with Crippen LogP contribution in [-0.2, 0) is 9.84 Å². The van der Waals surface area contributed by atoms with Crippen molar-refractivity contribution >= 4 is 31.5 Å². The molecule has 1 N–H and O–H groups in total. The van der Waals surface area contributed by atoms with Gasteiger partial charge in [0, 0.05) is 16.3 Å². The van der Waals surface area contributed by atoms with Crippen LogP contribution < -0.4 is 0 Å². The Morgan fingerprint density at radius 1 is 0.727 bits per heavy atom. The quantitative estimate of drug-likeness (QED) is 0.604. The molecule has 4 aromatic rings. The Balaban J connectivity index is 2.00. The van der Waals surface area contributed by atoms with Crippen LogP contribution in [0.5, 0.6) is 0 Å². The van der Waals surface area contributed by atoms with Crippen LogP contribution in [0.1, 0.15) is 0 Å². The second-order valence-corrected chi connectivity index (χ2v) is 7.09. The monoisotopic (exact) mass is 307 g/mol. The van der Waals surface area contributed by atoms with Gasteiger partial charge in [-0.3, -0.25) is 0 Å². The van der Waals surface area contributed by atoms with Gasteiger partial charge in [-0.25, -0.2) is 8.42 Å². The highest BCUT2D eigenvalue weighted by Gasteiger charge is 2.22. The molecule has 0 saturated heterocycles. The number of aromatic amines is 1. The highest BCUT2D eigenvalue weighted by atomic mass is 32.2. The van der Waals surface area contributed by atoms with Crippen LogP contribution in [0.15, 0.2) is 82.7 Å². The van der Waals surface area contributed by atoms with Crippen molar-refractivity contribution in [3.05, 3.63) is 72.8 Å². The first-order valence-electron chi connectivity index (χ1n) is 6.97. The predicted octanol–water partition coefficient (Wildman–Crippen LogP) is 4.15. The van der Waals surface area contributed by atoms with Gasteiger partial charge in [-0.15, -0.1) is 0 Å². The molecule has 0 aliphatic heterocycles. The van der Waals surface area contributed by atoms with E-state index in [1.807, 2.05) is 54.6 Å². The zero-order valence-corrected chi connectivity index (χ0v) is 12.5. The zero-order chi connectivity index (χ0) is 15.2. The molecule has 0 aliphatic carbocycles. The maximum Gasteiger partial charge on any atom is 0.222 e. The normalized spacial score (nSPS) is 12.0. The Kier molecular flexibility index (Phi) is 2.81. The molecule has 0 amide bonds. The van der Waals surface area contributed by atoms with Crippen molar-refractivity contribution in [3.8, 4) is 0 Å². The van der Waals surface area contributed by atoms with E-state index < -0.39 is 9.84 Å². The van der Waals surface area contributed by atoms with Crippen LogP contribution in [0.4, 0.5) is 0 Å². The van der Waals surface area contributed by atoms with Crippen LogP contribution >= 0.6 is 0 Å². The fourth-order valence-electron chi connectivity index (χ4n) is 2.74. The van der Waals surface area contributed by atoms with Crippen molar-refractivity contribution in [3.63, 3.8) is 0 Å². The van der Waals surface area contributed by atoms with Gasteiger partial charge in [-0.1, -0.05) is 54.6 Å². The standard InChI is InChI=1S/C18H13NO2S/c20-22(21,18-12-14-7-2-4-10-16(14)19-18)17-11-5-8-13-6-1-3-9-15(13)17/h1-12,19H. The fourth-order valence-corrected chi connectivity index (χ4v) is 4.24. The van der Waals surface area contributed by atoms with Gasteiger partial charge in [0.15, 0.2) is 0 Å². The molecule has 0 spiro atoms. The van der Waals surface area contributed by atoms with E-state index in [1.165, 1.54) is 0 Å². The first-order chi connectivity index (χ1) is 10.7. The van der Waals surface area contributed by atoms with Crippen LogP contribution in [-0.4, -0.2) is 13.4 Å². The Bertz CT molecular complexity index is 1060. The van der Waals surface area contributed by atoms with Crippen molar-refractivity contribution < 1.29 is 8.42 Å². The number of para-hydroxylation sites is 1. The third-order valence-electron chi connectivity index (χ3n) is 3.83. The summed E-state index contributed by atoms with van der Waals surface area (Å²) in [4.78, 5) is 3.34. The summed E-state index contributed by atoms with van der Waals surface area (Å²) in [5.74, 6) is 0. The Morgan fingerprint density at radius 2 is 1.41 bits per heavy atom. The number of aromatic nitrogens is 1. The summed E-state index contributed by atoms with van der Waals surface area (Å²) in [6.45, 7) is 0. The van der Waals surface area contributed by atoms with E-state index in [0.29, 0.717) is 4.90 Å². The van der Waals surface area contributed by atoms with Crippen LogP contribution in [0.25, 0.3) is 21.7 Å². The van der Waals surface area contributed by atoms with Gasteiger partial charge in [0.1, 0.15) is 5.03 Å². The van der Waals surface area contributed by atoms with Crippen molar-refractivity contribution in [2.45, 2.75) is 9.92 Å². The van der Waals surface area contributed by atoms with Gasteiger partial charge < -0.3 is 4.98 Å². The van der Waals surface area contributed by atoms with E-state index in [2.05, 4.69) is 4.98 Å². The molecule has 22 heavy (non-hydrogen) atoms. The molecule has 1 heterocycles. The fraction of sp³-hybridized carbons (Fsp3) is 0. The molecule has 108 valence electrons. The lowest BCUT2D eigenvalue weighted by Gasteiger charge is -2.06. The molecular weight excluding hydrogens is 294 g/mol. The number of rotatable bonds is 2. The number of benzene rings is 3. The lowest BCUT2D eigenvalue weighted by molar-refractivity contribution is 0.594. The summed E-state index contributed by atoms with van der Waals surface area (Å²) >= 11 is 0. The smallest absolute Gasteiger partial charge is 0.222 e. The van der Waals surface area contributed by atoms with Gasteiger partial charge >= 0.3 is 0 Å². The second kappa shape index (κ2) is 4.71. The molecule has 3 nitrogen and oxygen atoms in total. The van der Waals surface area contributed by atoms with Crippen molar-refractivity contribution in [2.75, 3.05) is 0 Å². The van der Waals surface area contributed by atoms with E-state index >= 15 is 0 Å². The number of hydrogen-bond acceptors (Lipinski definition) is 2. The van der Waals surface area contributed by atoms with Crippen molar-refractivity contribution in [2.24, 2.45) is 0 Å². The van der Waals surface area contributed by atoms with Crippen molar-refractivity contribution in [1.29, 1.82) is 0 Å². The maximum absolute atomic E-state index is 13.0. The summed E-state index contributed by atoms with van der Waals surface area (Å²) in [5.41, 5.74) is 0.821. The average Bonchev–Trinajstić information content (AvgIpc) is 2.99. The lowest BCUT2D eigenvalue weighted by Crippen LogP contribution is -2.03. The number of sulfone groups is 1. The highest BCUT2D eigenvalue weighted by Crippen LogP contribution is 2.29. The molecule has 0 aliphatic rings. The third-order valence-corrected chi connectivity index (χ3v) is 5.57. The van der Waals surface area contributed by atoms with E-state index in [-0.39, 0.29) is 5.03 Å². The van der Waals surface area contributed by atoms with E-state index in [9.17, 15) is 8.42 Å². The SMILES string of the molecule is O=S(=O)(c1cc2ccccc2[nH]1)c1cccc2ccccc12. The third kappa shape index (κ3) is 1.92. The minimum atomic E-state index is -3.58. The molecule has 1 aromatic heterocycles. The summed E-state index contributed by atoms with van der Waals surface area (Å²) in [6, 6.07) is 22.1.